The van der Waals surface area contributed by atoms with Crippen LogP contribution in [0.3, 0.4) is 0 Å². The van der Waals surface area contributed by atoms with E-state index in [0.717, 1.165) is 69.7 Å². The number of anilines is 2. The predicted octanol–water partition coefficient (Wildman–Crippen LogP) is 3.47. The second-order valence-corrected chi connectivity index (χ2v) is 10.8. The summed E-state index contributed by atoms with van der Waals surface area (Å²) in [6, 6.07) is 11.3. The third kappa shape index (κ3) is 3.97. The Kier molecular flexibility index (Phi) is 5.44. The molecule has 0 radical (unpaired) electrons. The molecule has 3 N–H and O–H groups in total. The van der Waals surface area contributed by atoms with E-state index >= 15 is 4.39 Å². The highest BCUT2D eigenvalue weighted by Crippen LogP contribution is 2.37. The van der Waals surface area contributed by atoms with Crippen molar-refractivity contribution in [1.29, 1.82) is 0 Å². The number of aromatic nitrogens is 3. The summed E-state index contributed by atoms with van der Waals surface area (Å²) >= 11 is 0. The number of rotatable bonds is 4. The van der Waals surface area contributed by atoms with Crippen LogP contribution >= 0.6 is 0 Å². The average Bonchev–Trinajstić information content (AvgIpc) is 3.34. The quantitative estimate of drug-likeness (QED) is 0.397. The van der Waals surface area contributed by atoms with E-state index in [0.29, 0.717) is 39.6 Å². The molecule has 0 saturated carbocycles. The van der Waals surface area contributed by atoms with Crippen molar-refractivity contribution in [3.8, 4) is 11.4 Å². The highest BCUT2D eigenvalue weighted by Gasteiger charge is 2.35. The van der Waals surface area contributed by atoms with Crippen LogP contribution in [0.25, 0.3) is 33.3 Å². The monoisotopic (exact) mass is 501 g/mol. The van der Waals surface area contributed by atoms with Gasteiger partial charge in [0.1, 0.15) is 17.2 Å². The van der Waals surface area contributed by atoms with Crippen LogP contribution in [-0.2, 0) is 0 Å². The molecule has 8 rings (SSSR count). The Bertz CT molecular complexity index is 1500. The minimum absolute atomic E-state index is 0.205. The van der Waals surface area contributed by atoms with Gasteiger partial charge in [0.05, 0.1) is 27.9 Å². The van der Waals surface area contributed by atoms with Crippen LogP contribution < -0.4 is 15.8 Å². The Morgan fingerprint density at radius 1 is 1.00 bits per heavy atom. The first-order valence-corrected chi connectivity index (χ1v) is 13.3. The molecular formula is C28H32FN7O. The molecule has 0 aliphatic carbocycles. The number of aromatic amines is 2. The number of para-hydroxylation sites is 2. The zero-order valence-electron chi connectivity index (χ0n) is 21.1. The second-order valence-electron chi connectivity index (χ2n) is 10.8. The predicted molar refractivity (Wildman–Crippen MR) is 146 cm³/mol. The maximum Gasteiger partial charge on any atom is 0.261 e. The smallest absolute Gasteiger partial charge is 0.261 e. The number of piperidine rings is 3. The highest BCUT2D eigenvalue weighted by molar-refractivity contribution is 6.00. The van der Waals surface area contributed by atoms with Crippen molar-refractivity contribution in [3.63, 3.8) is 0 Å². The van der Waals surface area contributed by atoms with Gasteiger partial charge in [-0.1, -0.05) is 12.1 Å². The number of H-pyrrole nitrogens is 2. The van der Waals surface area contributed by atoms with Crippen molar-refractivity contribution < 1.29 is 4.39 Å². The maximum absolute atomic E-state index is 15.7. The van der Waals surface area contributed by atoms with Crippen molar-refractivity contribution in [2.24, 2.45) is 5.92 Å². The van der Waals surface area contributed by atoms with Crippen molar-refractivity contribution in [2.75, 3.05) is 63.1 Å². The van der Waals surface area contributed by atoms with Crippen LogP contribution in [0.15, 0.2) is 41.2 Å². The standard InChI is InChI=1S/C28H32FN7O/c1-34-10-12-36(13-11-34)24-15-22-18(14-19(24)29)26(30-23-16-35-8-6-17(23)7-9-35)25(28(37)33-22)27-31-20-4-2-3-5-21(20)32-27/h2-5,14-15,17,23H,6-13,16H2,1H3,(H,31,32)(H2,30,33,37)/t23-/m1/s1. The molecule has 4 aromatic rings. The molecule has 2 aromatic carbocycles. The Labute approximate surface area is 214 Å². The van der Waals surface area contributed by atoms with Gasteiger partial charge in [-0.2, -0.15) is 0 Å². The number of imidazole rings is 1. The van der Waals surface area contributed by atoms with Crippen LogP contribution in [0.4, 0.5) is 15.8 Å². The Morgan fingerprint density at radius 2 is 1.78 bits per heavy atom. The lowest BCUT2D eigenvalue weighted by molar-refractivity contribution is 0.0976. The van der Waals surface area contributed by atoms with Crippen molar-refractivity contribution >= 4 is 33.3 Å². The fraction of sp³-hybridized carbons (Fsp3) is 0.429. The van der Waals surface area contributed by atoms with Crippen LogP contribution in [0.1, 0.15) is 12.8 Å². The van der Waals surface area contributed by atoms with Gasteiger partial charge in [-0.15, -0.1) is 0 Å². The lowest BCUT2D eigenvalue weighted by Crippen LogP contribution is -2.53. The zero-order chi connectivity index (χ0) is 25.1. The van der Waals surface area contributed by atoms with E-state index in [9.17, 15) is 4.79 Å². The van der Waals surface area contributed by atoms with Gasteiger partial charge in [0.15, 0.2) is 0 Å². The van der Waals surface area contributed by atoms with Crippen molar-refractivity contribution in [2.45, 2.75) is 18.9 Å². The number of nitrogens with zero attached hydrogens (tertiary/aromatic N) is 4. The summed E-state index contributed by atoms with van der Waals surface area (Å²) in [7, 11) is 2.08. The lowest BCUT2D eigenvalue weighted by Gasteiger charge is -2.45. The van der Waals surface area contributed by atoms with Crippen LogP contribution in [0, 0.1) is 11.7 Å². The molecule has 4 aliphatic heterocycles. The number of hydrogen-bond donors (Lipinski definition) is 3. The zero-order valence-corrected chi connectivity index (χ0v) is 21.1. The molecule has 4 saturated heterocycles. The van der Waals surface area contributed by atoms with Crippen LogP contribution in [0.5, 0.6) is 0 Å². The van der Waals surface area contributed by atoms with Crippen molar-refractivity contribution in [1.82, 2.24) is 24.8 Å². The number of piperazine rings is 1. The molecule has 0 spiro atoms. The number of benzene rings is 2. The number of likely N-dealkylation sites (N-methyl/N-ethyl adjacent to an activating group) is 1. The summed E-state index contributed by atoms with van der Waals surface area (Å²) in [5.41, 5.74) is 3.72. The van der Waals surface area contributed by atoms with Crippen molar-refractivity contribution in [3.05, 3.63) is 52.6 Å². The highest BCUT2D eigenvalue weighted by atomic mass is 19.1. The number of hydrogen-bond acceptors (Lipinski definition) is 6. The fourth-order valence-corrected chi connectivity index (χ4v) is 6.36. The van der Waals surface area contributed by atoms with Gasteiger partial charge in [-0.3, -0.25) is 4.79 Å². The fourth-order valence-electron chi connectivity index (χ4n) is 6.36. The summed E-state index contributed by atoms with van der Waals surface area (Å²) in [5.74, 6) is 0.769. The summed E-state index contributed by atoms with van der Waals surface area (Å²) in [6.07, 6.45) is 2.28. The van der Waals surface area contributed by atoms with E-state index in [1.807, 2.05) is 30.3 Å². The Hall–Kier alpha value is -3.43. The molecule has 4 fully saturated rings. The Balaban J connectivity index is 1.39. The molecule has 0 amide bonds. The number of halogens is 1. The third-order valence-corrected chi connectivity index (χ3v) is 8.54. The molecule has 1 atom stereocenters. The summed E-state index contributed by atoms with van der Waals surface area (Å²) < 4.78 is 15.7. The molecule has 8 nitrogen and oxygen atoms in total. The maximum atomic E-state index is 15.7. The molecule has 37 heavy (non-hydrogen) atoms. The van der Waals surface area contributed by atoms with Gasteiger partial charge in [-0.05, 0) is 63.2 Å². The van der Waals surface area contributed by atoms with E-state index in [1.54, 1.807) is 6.07 Å². The van der Waals surface area contributed by atoms with Crippen LogP contribution in [0.2, 0.25) is 0 Å². The molecule has 6 heterocycles. The SMILES string of the molecule is CN1CCN(c2cc3[nH]c(=O)c(-c4nc5ccccc5[nH]4)c(N[C@@H]4CN5CCC4CC5)c3cc2F)CC1. The van der Waals surface area contributed by atoms with E-state index in [4.69, 9.17) is 4.98 Å². The topological polar surface area (TPSA) is 83.3 Å². The second kappa shape index (κ2) is 8.85. The number of pyridine rings is 1. The average molecular weight is 502 g/mol. The van der Waals surface area contributed by atoms with E-state index < -0.39 is 0 Å². The molecule has 0 unspecified atom stereocenters. The molecule has 2 bridgehead atoms. The summed E-state index contributed by atoms with van der Waals surface area (Å²) in [4.78, 5) is 31.6. The van der Waals surface area contributed by atoms with Gasteiger partial charge >= 0.3 is 0 Å². The van der Waals surface area contributed by atoms with Gasteiger partial charge < -0.3 is 30.0 Å². The van der Waals surface area contributed by atoms with Gasteiger partial charge in [0, 0.05) is 44.2 Å². The first kappa shape index (κ1) is 22.7. The van der Waals surface area contributed by atoms with E-state index in [2.05, 4.69) is 37.0 Å². The first-order chi connectivity index (χ1) is 18.0. The molecular weight excluding hydrogens is 469 g/mol. The molecule has 9 heteroatoms. The number of fused-ring (bicyclic) bond motifs is 5. The lowest BCUT2D eigenvalue weighted by atomic mass is 9.83. The van der Waals surface area contributed by atoms with Gasteiger partial charge in [-0.25, -0.2) is 9.37 Å². The third-order valence-electron chi connectivity index (χ3n) is 8.54. The van der Waals surface area contributed by atoms with Crippen LogP contribution in [-0.4, -0.2) is 83.7 Å². The molecule has 4 aliphatic rings. The minimum atomic E-state index is -0.267. The van der Waals surface area contributed by atoms with E-state index in [-0.39, 0.29) is 17.4 Å². The first-order valence-electron chi connectivity index (χ1n) is 13.3. The number of nitrogens with one attached hydrogen (secondary N) is 3. The summed E-state index contributed by atoms with van der Waals surface area (Å²) in [6.45, 7) is 6.45. The van der Waals surface area contributed by atoms with Gasteiger partial charge in [0.2, 0.25) is 0 Å². The van der Waals surface area contributed by atoms with E-state index in [1.165, 1.54) is 0 Å². The normalized spacial score (nSPS) is 24.3. The summed E-state index contributed by atoms with van der Waals surface area (Å²) in [5, 5.41) is 4.41. The van der Waals surface area contributed by atoms with Gasteiger partial charge in [0.25, 0.3) is 5.56 Å². The largest absolute Gasteiger partial charge is 0.379 e. The molecule has 2 aromatic heterocycles. The Morgan fingerprint density at radius 3 is 2.51 bits per heavy atom. The molecule has 192 valence electrons. The minimum Gasteiger partial charge on any atom is -0.379 e.